The van der Waals surface area contributed by atoms with Crippen molar-refractivity contribution in [1.29, 1.82) is 0 Å². The zero-order chi connectivity index (χ0) is 20.2. The van der Waals surface area contributed by atoms with Crippen molar-refractivity contribution < 1.29 is 23.5 Å². The Morgan fingerprint density at radius 1 is 1.14 bits per heavy atom. The van der Waals surface area contributed by atoms with Gasteiger partial charge in [-0.05, 0) is 24.3 Å². The molecule has 4 rings (SSSR count). The first-order valence-electron chi connectivity index (χ1n) is 8.67. The van der Waals surface area contributed by atoms with E-state index in [9.17, 15) is 4.79 Å². The fourth-order valence-electron chi connectivity index (χ4n) is 2.75. The van der Waals surface area contributed by atoms with Crippen molar-refractivity contribution in [1.82, 2.24) is 25.1 Å². The molecule has 0 spiro atoms. The number of hydrogen-bond acceptors (Lipinski definition) is 9. The number of carbonyl (C=O) groups excluding carboxylic acids is 1. The van der Waals surface area contributed by atoms with Crippen LogP contribution in [0.2, 0.25) is 0 Å². The fourth-order valence-corrected chi connectivity index (χ4v) is 2.75. The molecule has 0 aliphatic rings. The third-order valence-corrected chi connectivity index (χ3v) is 4.17. The molecule has 0 amide bonds. The average molecular weight is 395 g/mol. The van der Waals surface area contributed by atoms with Gasteiger partial charge in [-0.3, -0.25) is 4.79 Å². The summed E-state index contributed by atoms with van der Waals surface area (Å²) in [6, 6.07) is 12.6. The summed E-state index contributed by atoms with van der Waals surface area (Å²) < 4.78 is 22.4. The molecule has 10 heteroatoms. The smallest absolute Gasteiger partial charge is 0.328 e. The molecule has 2 heterocycles. The van der Waals surface area contributed by atoms with E-state index in [1.165, 1.54) is 11.8 Å². The van der Waals surface area contributed by atoms with Crippen LogP contribution in [-0.4, -0.2) is 45.3 Å². The van der Waals surface area contributed by atoms with E-state index in [1.807, 2.05) is 24.3 Å². The largest absolute Gasteiger partial charge is 0.497 e. The Balaban J connectivity index is 1.41. The quantitative estimate of drug-likeness (QED) is 0.435. The van der Waals surface area contributed by atoms with Crippen molar-refractivity contribution in [2.75, 3.05) is 14.2 Å². The number of rotatable bonds is 7. The molecule has 148 valence electrons. The molecule has 0 N–H and O–H groups in total. The van der Waals surface area contributed by atoms with Crippen LogP contribution >= 0.6 is 0 Å². The Hall–Kier alpha value is -3.95. The van der Waals surface area contributed by atoms with Crippen molar-refractivity contribution in [3.63, 3.8) is 0 Å². The van der Waals surface area contributed by atoms with Gasteiger partial charge in [-0.1, -0.05) is 22.5 Å². The highest BCUT2D eigenvalue weighted by atomic mass is 16.6. The SMILES string of the molecule is COc1ccc(-c2noc(COC(=O)Cn3nnc4ccccc43)n2)c(OC)c1. The highest BCUT2D eigenvalue weighted by Gasteiger charge is 2.16. The van der Waals surface area contributed by atoms with Gasteiger partial charge in [0.05, 0.1) is 25.3 Å². The lowest BCUT2D eigenvalue weighted by atomic mass is 10.2. The van der Waals surface area contributed by atoms with Gasteiger partial charge in [0.2, 0.25) is 5.82 Å². The lowest BCUT2D eigenvalue weighted by Gasteiger charge is -2.07. The number of methoxy groups -OCH3 is 2. The van der Waals surface area contributed by atoms with Gasteiger partial charge in [-0.15, -0.1) is 5.10 Å². The second-order valence-corrected chi connectivity index (χ2v) is 5.97. The Labute approximate surface area is 165 Å². The van der Waals surface area contributed by atoms with Crippen LogP contribution in [0.1, 0.15) is 5.89 Å². The number of nitrogens with zero attached hydrogens (tertiary/aromatic N) is 5. The molecule has 0 bridgehead atoms. The summed E-state index contributed by atoms with van der Waals surface area (Å²) in [4.78, 5) is 16.4. The molecule has 0 radical (unpaired) electrons. The summed E-state index contributed by atoms with van der Waals surface area (Å²) in [6.45, 7) is -0.231. The molecule has 0 saturated carbocycles. The predicted octanol–water partition coefficient (Wildman–Crippen LogP) is 2.24. The van der Waals surface area contributed by atoms with Crippen LogP contribution < -0.4 is 9.47 Å². The lowest BCUT2D eigenvalue weighted by molar-refractivity contribution is -0.146. The van der Waals surface area contributed by atoms with E-state index in [2.05, 4.69) is 20.5 Å². The summed E-state index contributed by atoms with van der Waals surface area (Å²) in [5, 5.41) is 11.9. The van der Waals surface area contributed by atoms with Crippen molar-refractivity contribution >= 4 is 17.0 Å². The molecule has 0 atom stereocenters. The van der Waals surface area contributed by atoms with Gasteiger partial charge >= 0.3 is 5.97 Å². The van der Waals surface area contributed by atoms with Crippen LogP contribution in [0.4, 0.5) is 0 Å². The van der Waals surface area contributed by atoms with Crippen molar-refractivity contribution in [2.45, 2.75) is 13.2 Å². The highest BCUT2D eigenvalue weighted by molar-refractivity contribution is 5.77. The Morgan fingerprint density at radius 3 is 2.83 bits per heavy atom. The normalized spacial score (nSPS) is 10.8. The molecule has 4 aromatic rings. The van der Waals surface area contributed by atoms with E-state index < -0.39 is 5.97 Å². The fraction of sp³-hybridized carbons (Fsp3) is 0.211. The molecular weight excluding hydrogens is 378 g/mol. The Kier molecular flexibility index (Phi) is 5.06. The molecule has 0 aliphatic heterocycles. The maximum absolute atomic E-state index is 12.1. The van der Waals surface area contributed by atoms with Crippen molar-refractivity contribution in [2.24, 2.45) is 0 Å². The number of esters is 1. The van der Waals surface area contributed by atoms with E-state index in [0.717, 1.165) is 5.52 Å². The predicted molar refractivity (Wildman–Crippen MR) is 100 cm³/mol. The van der Waals surface area contributed by atoms with E-state index in [-0.39, 0.29) is 19.0 Å². The zero-order valence-electron chi connectivity index (χ0n) is 15.7. The van der Waals surface area contributed by atoms with Crippen LogP contribution in [0.25, 0.3) is 22.4 Å². The molecule has 0 fully saturated rings. The van der Waals surface area contributed by atoms with Gasteiger partial charge in [-0.2, -0.15) is 4.98 Å². The first-order valence-corrected chi connectivity index (χ1v) is 8.67. The van der Waals surface area contributed by atoms with Gasteiger partial charge in [0.25, 0.3) is 5.89 Å². The summed E-state index contributed by atoms with van der Waals surface area (Å²) in [7, 11) is 3.10. The summed E-state index contributed by atoms with van der Waals surface area (Å²) in [6.07, 6.45) is 0. The van der Waals surface area contributed by atoms with Gasteiger partial charge < -0.3 is 18.7 Å². The van der Waals surface area contributed by atoms with Crippen molar-refractivity contribution in [3.05, 3.63) is 48.4 Å². The number of para-hydroxylation sites is 1. The standard InChI is InChI=1S/C19H17N5O5/c1-26-12-7-8-13(16(9-12)27-2)19-20-17(29-22-19)11-28-18(25)10-24-15-6-4-3-5-14(15)21-23-24/h3-9H,10-11H2,1-2H3. The molecule has 2 aromatic carbocycles. The minimum Gasteiger partial charge on any atom is -0.497 e. The van der Waals surface area contributed by atoms with E-state index in [0.29, 0.717) is 28.4 Å². The highest BCUT2D eigenvalue weighted by Crippen LogP contribution is 2.31. The van der Waals surface area contributed by atoms with Crippen LogP contribution in [-0.2, 0) is 22.7 Å². The maximum Gasteiger partial charge on any atom is 0.328 e. The van der Waals surface area contributed by atoms with Crippen LogP contribution in [0.3, 0.4) is 0 Å². The van der Waals surface area contributed by atoms with Crippen LogP contribution in [0.15, 0.2) is 47.0 Å². The first-order chi connectivity index (χ1) is 14.2. The molecule has 0 saturated heterocycles. The van der Waals surface area contributed by atoms with Gasteiger partial charge in [0, 0.05) is 6.07 Å². The topological polar surface area (TPSA) is 114 Å². The van der Waals surface area contributed by atoms with Gasteiger partial charge in [0.1, 0.15) is 23.6 Å². The van der Waals surface area contributed by atoms with Crippen molar-refractivity contribution in [3.8, 4) is 22.9 Å². The Morgan fingerprint density at radius 2 is 2.00 bits per heavy atom. The van der Waals surface area contributed by atoms with Gasteiger partial charge in [0.15, 0.2) is 6.61 Å². The minimum atomic E-state index is -0.498. The number of hydrogen-bond donors (Lipinski definition) is 0. The number of benzene rings is 2. The summed E-state index contributed by atoms with van der Waals surface area (Å²) in [5.41, 5.74) is 2.08. The van der Waals surface area contributed by atoms with E-state index in [1.54, 1.807) is 25.3 Å². The third kappa shape index (κ3) is 3.86. The second kappa shape index (κ2) is 7.97. The maximum atomic E-state index is 12.1. The number of ether oxygens (including phenoxy) is 3. The summed E-state index contributed by atoms with van der Waals surface area (Å²) >= 11 is 0. The second-order valence-electron chi connectivity index (χ2n) is 5.97. The molecule has 0 unspecified atom stereocenters. The minimum absolute atomic E-state index is 0.0756. The van der Waals surface area contributed by atoms with Crippen LogP contribution in [0.5, 0.6) is 11.5 Å². The monoisotopic (exact) mass is 395 g/mol. The van der Waals surface area contributed by atoms with E-state index >= 15 is 0 Å². The number of aromatic nitrogens is 5. The van der Waals surface area contributed by atoms with Crippen LogP contribution in [0, 0.1) is 0 Å². The third-order valence-electron chi connectivity index (χ3n) is 4.17. The molecule has 2 aromatic heterocycles. The average Bonchev–Trinajstić information content (AvgIpc) is 3.39. The molecule has 10 nitrogen and oxygen atoms in total. The zero-order valence-corrected chi connectivity index (χ0v) is 15.7. The van der Waals surface area contributed by atoms with Gasteiger partial charge in [-0.25, -0.2) is 4.68 Å². The van der Waals surface area contributed by atoms with E-state index in [4.69, 9.17) is 18.7 Å². The first kappa shape index (κ1) is 18.4. The number of fused-ring (bicyclic) bond motifs is 1. The number of carbonyl (C=O) groups is 1. The lowest BCUT2D eigenvalue weighted by Crippen LogP contribution is -2.14. The molecular formula is C19H17N5O5. The summed E-state index contributed by atoms with van der Waals surface area (Å²) in [5.74, 6) is 1.16. The Bertz CT molecular complexity index is 1150. The molecule has 29 heavy (non-hydrogen) atoms. The molecule has 0 aliphatic carbocycles.